The fourth-order valence-electron chi connectivity index (χ4n) is 4.17. The summed E-state index contributed by atoms with van der Waals surface area (Å²) in [5.41, 5.74) is 0.681. The Morgan fingerprint density at radius 3 is 2.58 bits per heavy atom. The lowest BCUT2D eigenvalue weighted by atomic mass is 9.87. The van der Waals surface area contributed by atoms with Crippen LogP contribution in [0.1, 0.15) is 57.8 Å². The summed E-state index contributed by atoms with van der Waals surface area (Å²) in [5, 5.41) is 24.8. The third-order valence-corrected chi connectivity index (χ3v) is 5.99. The summed E-state index contributed by atoms with van der Waals surface area (Å²) in [4.78, 5) is 28.0. The number of H-pyrrole nitrogens is 1. The Bertz CT molecular complexity index is 1170. The molecule has 0 saturated heterocycles. The zero-order chi connectivity index (χ0) is 23.8. The number of aromatic amines is 1. The van der Waals surface area contributed by atoms with Crippen molar-refractivity contribution in [1.82, 2.24) is 25.3 Å². The lowest BCUT2D eigenvalue weighted by molar-refractivity contribution is 0.0687. The number of aromatic nitrogens is 4. The summed E-state index contributed by atoms with van der Waals surface area (Å²) in [6, 6.07) is 1.23. The van der Waals surface area contributed by atoms with Crippen LogP contribution in [-0.2, 0) is 11.0 Å². The lowest BCUT2D eigenvalue weighted by Crippen LogP contribution is -2.28. The predicted molar refractivity (Wildman–Crippen MR) is 122 cm³/mol. The molecule has 3 aromatic rings. The first kappa shape index (κ1) is 23.1. The molecule has 5 N–H and O–H groups in total. The molecule has 1 saturated carbocycles. The van der Waals surface area contributed by atoms with E-state index in [0.717, 1.165) is 12.8 Å². The first-order valence-electron chi connectivity index (χ1n) is 11.1. The third-order valence-electron chi connectivity index (χ3n) is 5.99. The SMILES string of the molecule is CCNC(=O)Nc1nc2c(C3(CCCO)CC3)c(F)c(-c3cnc(C(C)(C)O)nc3)cc2[nH]1. The van der Waals surface area contributed by atoms with Crippen LogP contribution in [0, 0.1) is 5.82 Å². The monoisotopic (exact) mass is 456 g/mol. The van der Waals surface area contributed by atoms with Crippen LogP contribution in [0.5, 0.6) is 0 Å². The molecule has 2 aromatic heterocycles. The maximum atomic E-state index is 16.1. The fraction of sp³-hybridized carbons (Fsp3) is 0.478. The van der Waals surface area contributed by atoms with Crippen LogP contribution >= 0.6 is 0 Å². The van der Waals surface area contributed by atoms with Crippen molar-refractivity contribution < 1.29 is 19.4 Å². The highest BCUT2D eigenvalue weighted by Crippen LogP contribution is 2.55. The number of carbonyl (C=O) groups excluding carboxylic acids is 1. The number of hydrogen-bond donors (Lipinski definition) is 5. The minimum Gasteiger partial charge on any atom is -0.396 e. The molecule has 1 fully saturated rings. The van der Waals surface area contributed by atoms with Gasteiger partial charge in [0.05, 0.1) is 11.0 Å². The lowest BCUT2D eigenvalue weighted by Gasteiger charge is -2.19. The van der Waals surface area contributed by atoms with Crippen molar-refractivity contribution in [2.75, 3.05) is 18.5 Å². The third kappa shape index (κ3) is 4.53. The van der Waals surface area contributed by atoms with Gasteiger partial charge in [-0.3, -0.25) is 5.32 Å². The number of aliphatic hydroxyl groups is 2. The summed E-state index contributed by atoms with van der Waals surface area (Å²) in [6.45, 7) is 5.46. The largest absolute Gasteiger partial charge is 0.396 e. The van der Waals surface area contributed by atoms with E-state index < -0.39 is 22.9 Å². The molecular weight excluding hydrogens is 427 g/mol. The maximum absolute atomic E-state index is 16.1. The number of fused-ring (bicyclic) bond motifs is 1. The van der Waals surface area contributed by atoms with Crippen molar-refractivity contribution in [3.05, 3.63) is 35.7 Å². The molecule has 0 atom stereocenters. The summed E-state index contributed by atoms with van der Waals surface area (Å²) in [7, 11) is 0. The molecular formula is C23H29FN6O3. The van der Waals surface area contributed by atoms with Crippen molar-refractivity contribution in [3.63, 3.8) is 0 Å². The van der Waals surface area contributed by atoms with Gasteiger partial charge in [-0.15, -0.1) is 0 Å². The maximum Gasteiger partial charge on any atom is 0.321 e. The minimum absolute atomic E-state index is 0.0308. The average Bonchev–Trinajstić information content (AvgIpc) is 3.43. The van der Waals surface area contributed by atoms with Crippen LogP contribution in [0.3, 0.4) is 0 Å². The second-order valence-corrected chi connectivity index (χ2v) is 9.04. The highest BCUT2D eigenvalue weighted by atomic mass is 19.1. The van der Waals surface area contributed by atoms with E-state index in [2.05, 4.69) is 30.6 Å². The van der Waals surface area contributed by atoms with Crippen LogP contribution < -0.4 is 10.6 Å². The Kier molecular flexibility index (Phi) is 6.06. The number of amides is 2. The molecule has 1 aromatic carbocycles. The summed E-state index contributed by atoms with van der Waals surface area (Å²) in [5.74, 6) is 0.0541. The van der Waals surface area contributed by atoms with Crippen LogP contribution in [0.25, 0.3) is 22.2 Å². The number of hydrogen-bond acceptors (Lipinski definition) is 6. The molecule has 176 valence electrons. The number of nitrogens with zero attached hydrogens (tertiary/aromatic N) is 3. The number of carbonyl (C=O) groups is 1. The molecule has 0 bridgehead atoms. The van der Waals surface area contributed by atoms with Crippen LogP contribution in [0.4, 0.5) is 15.1 Å². The van der Waals surface area contributed by atoms with Gasteiger partial charge in [-0.25, -0.2) is 24.1 Å². The van der Waals surface area contributed by atoms with Crippen molar-refractivity contribution in [3.8, 4) is 11.1 Å². The first-order chi connectivity index (χ1) is 15.7. The number of imidazole rings is 1. The fourth-order valence-corrected chi connectivity index (χ4v) is 4.17. The summed E-state index contributed by atoms with van der Waals surface area (Å²) in [6.07, 6.45) is 5.77. The molecule has 0 spiro atoms. The Balaban J connectivity index is 1.84. The van der Waals surface area contributed by atoms with Gasteiger partial charge in [0.15, 0.2) is 5.82 Å². The van der Waals surface area contributed by atoms with Crippen LogP contribution in [0.2, 0.25) is 0 Å². The van der Waals surface area contributed by atoms with E-state index >= 15 is 4.39 Å². The molecule has 2 amide bonds. The number of halogens is 1. The van der Waals surface area contributed by atoms with E-state index in [1.165, 1.54) is 12.4 Å². The van der Waals surface area contributed by atoms with E-state index in [1.807, 2.05) is 0 Å². The second-order valence-electron chi connectivity index (χ2n) is 9.04. The molecule has 1 aliphatic carbocycles. The Morgan fingerprint density at radius 1 is 1.30 bits per heavy atom. The summed E-state index contributed by atoms with van der Waals surface area (Å²) < 4.78 is 16.1. The predicted octanol–water partition coefficient (Wildman–Crippen LogP) is 3.33. The number of urea groups is 1. The highest BCUT2D eigenvalue weighted by Gasteiger charge is 2.47. The molecule has 2 heterocycles. The van der Waals surface area contributed by atoms with Gasteiger partial charge in [0.1, 0.15) is 11.4 Å². The van der Waals surface area contributed by atoms with Crippen molar-refractivity contribution >= 4 is 23.0 Å². The smallest absolute Gasteiger partial charge is 0.321 e. The molecule has 10 heteroatoms. The number of benzene rings is 1. The molecule has 4 rings (SSSR count). The van der Waals surface area contributed by atoms with Gasteiger partial charge in [-0.1, -0.05) is 0 Å². The van der Waals surface area contributed by atoms with E-state index in [0.29, 0.717) is 47.1 Å². The molecule has 33 heavy (non-hydrogen) atoms. The second kappa shape index (κ2) is 8.68. The number of aliphatic hydroxyl groups excluding tert-OH is 1. The van der Waals surface area contributed by atoms with Crippen molar-refractivity contribution in [2.24, 2.45) is 0 Å². The number of anilines is 1. The van der Waals surface area contributed by atoms with E-state index in [1.54, 1.807) is 26.8 Å². The molecule has 9 nitrogen and oxygen atoms in total. The Labute approximate surface area is 190 Å². The Morgan fingerprint density at radius 2 is 2.00 bits per heavy atom. The normalized spacial score (nSPS) is 15.0. The number of nitrogens with one attached hydrogen (secondary N) is 3. The average molecular weight is 457 g/mol. The van der Waals surface area contributed by atoms with Gasteiger partial charge in [0, 0.05) is 47.7 Å². The van der Waals surface area contributed by atoms with Crippen LogP contribution in [0.15, 0.2) is 18.5 Å². The quantitative estimate of drug-likeness (QED) is 0.353. The highest BCUT2D eigenvalue weighted by molar-refractivity contribution is 5.92. The van der Waals surface area contributed by atoms with E-state index in [-0.39, 0.29) is 18.4 Å². The molecule has 0 radical (unpaired) electrons. The Hall–Kier alpha value is -3.11. The van der Waals surface area contributed by atoms with E-state index in [4.69, 9.17) is 0 Å². The number of rotatable bonds is 8. The van der Waals surface area contributed by atoms with Crippen LogP contribution in [-0.4, -0.2) is 49.3 Å². The van der Waals surface area contributed by atoms with Gasteiger partial charge >= 0.3 is 6.03 Å². The van der Waals surface area contributed by atoms with Gasteiger partial charge in [0.2, 0.25) is 5.95 Å². The molecule has 0 aliphatic heterocycles. The van der Waals surface area contributed by atoms with Crippen molar-refractivity contribution in [2.45, 2.75) is 57.5 Å². The standard InChI is InChI=1S/C23H29FN6O3/c1-4-25-21(32)30-20-28-15-10-14(13-11-26-19(27-12-13)22(2,3)33)17(24)16(18(15)29-20)23(7-8-23)6-5-9-31/h10-12,31,33H,4-9H2,1-3H3,(H3,25,28,29,30,32). The molecule has 0 unspecified atom stereocenters. The molecule has 1 aliphatic rings. The van der Waals surface area contributed by atoms with E-state index in [9.17, 15) is 15.0 Å². The summed E-state index contributed by atoms with van der Waals surface area (Å²) >= 11 is 0. The first-order valence-corrected chi connectivity index (χ1v) is 11.1. The zero-order valence-electron chi connectivity index (χ0n) is 19.0. The minimum atomic E-state index is -1.21. The van der Waals surface area contributed by atoms with Crippen molar-refractivity contribution in [1.29, 1.82) is 0 Å². The van der Waals surface area contributed by atoms with Gasteiger partial charge < -0.3 is 20.5 Å². The van der Waals surface area contributed by atoms with Gasteiger partial charge in [-0.05, 0) is 52.5 Å². The van der Waals surface area contributed by atoms with Gasteiger partial charge in [0.25, 0.3) is 0 Å². The van der Waals surface area contributed by atoms with Gasteiger partial charge in [-0.2, -0.15) is 0 Å². The zero-order valence-corrected chi connectivity index (χ0v) is 19.0. The topological polar surface area (TPSA) is 136 Å².